The Bertz CT molecular complexity index is 648. The Morgan fingerprint density at radius 2 is 2.05 bits per heavy atom. The lowest BCUT2D eigenvalue weighted by Crippen LogP contribution is -2.54. The third-order valence-corrected chi connectivity index (χ3v) is 3.87. The molecule has 0 radical (unpaired) electrons. The number of hydrogen-bond acceptors (Lipinski definition) is 5. The van der Waals surface area contributed by atoms with Crippen LogP contribution in [0.5, 0.6) is 0 Å². The van der Waals surface area contributed by atoms with Crippen LogP contribution in [-0.4, -0.2) is 46.3 Å². The fourth-order valence-corrected chi connectivity index (χ4v) is 2.57. The molecule has 6 nitrogen and oxygen atoms in total. The van der Waals surface area contributed by atoms with Gasteiger partial charge in [0.1, 0.15) is 5.52 Å². The van der Waals surface area contributed by atoms with Gasteiger partial charge in [0, 0.05) is 25.6 Å². The van der Waals surface area contributed by atoms with Crippen molar-refractivity contribution < 1.29 is 14.6 Å². The molecule has 1 aliphatic rings. The first-order valence-electron chi connectivity index (χ1n) is 6.95. The Kier molecular flexibility index (Phi) is 3.81. The maximum Gasteiger partial charge on any atom is 0.254 e. The molecule has 0 aliphatic carbocycles. The van der Waals surface area contributed by atoms with Gasteiger partial charge in [0.05, 0.1) is 23.2 Å². The van der Waals surface area contributed by atoms with Crippen LogP contribution < -0.4 is 5.32 Å². The molecule has 0 unspecified atom stereocenters. The number of fused-ring (bicyclic) bond motifs is 1. The monoisotopic (exact) mass is 287 g/mol. The van der Waals surface area contributed by atoms with Crippen molar-refractivity contribution in [1.29, 1.82) is 0 Å². The lowest BCUT2D eigenvalue weighted by atomic mass is 9.90. The number of carbonyl (C=O) groups excluding carboxylic acids is 1. The lowest BCUT2D eigenvalue weighted by Gasteiger charge is -2.36. The minimum Gasteiger partial charge on any atom is -0.394 e. The highest BCUT2D eigenvalue weighted by molar-refractivity contribution is 6.04. The molecule has 1 saturated heterocycles. The van der Waals surface area contributed by atoms with Gasteiger partial charge >= 0.3 is 0 Å². The Labute approximate surface area is 122 Å². The Morgan fingerprint density at radius 3 is 2.81 bits per heavy atom. The van der Waals surface area contributed by atoms with Gasteiger partial charge in [-0.3, -0.25) is 14.8 Å². The van der Waals surface area contributed by atoms with Crippen molar-refractivity contribution in [2.24, 2.45) is 0 Å². The second kappa shape index (κ2) is 5.75. The van der Waals surface area contributed by atoms with E-state index in [2.05, 4.69) is 15.3 Å². The first kappa shape index (κ1) is 13.9. The average molecular weight is 287 g/mol. The highest BCUT2D eigenvalue weighted by atomic mass is 16.5. The van der Waals surface area contributed by atoms with Gasteiger partial charge in [-0.2, -0.15) is 0 Å². The van der Waals surface area contributed by atoms with E-state index in [1.807, 2.05) is 6.07 Å². The van der Waals surface area contributed by atoms with Crippen LogP contribution in [0.15, 0.2) is 30.6 Å². The van der Waals surface area contributed by atoms with Crippen LogP contribution >= 0.6 is 0 Å². The highest BCUT2D eigenvalue weighted by Gasteiger charge is 2.34. The molecule has 21 heavy (non-hydrogen) atoms. The fourth-order valence-electron chi connectivity index (χ4n) is 2.57. The molecule has 0 bridgehead atoms. The zero-order valence-corrected chi connectivity index (χ0v) is 11.6. The predicted molar refractivity (Wildman–Crippen MR) is 76.9 cm³/mol. The number of aromatic nitrogens is 2. The summed E-state index contributed by atoms with van der Waals surface area (Å²) in [6.45, 7) is 0.977. The van der Waals surface area contributed by atoms with Crippen LogP contribution in [0.25, 0.3) is 11.0 Å². The summed E-state index contributed by atoms with van der Waals surface area (Å²) in [5.41, 5.74) is 1.10. The normalized spacial score (nSPS) is 17.6. The van der Waals surface area contributed by atoms with E-state index in [1.54, 1.807) is 24.5 Å². The molecular weight excluding hydrogens is 270 g/mol. The zero-order valence-electron chi connectivity index (χ0n) is 11.6. The molecule has 2 N–H and O–H groups in total. The third-order valence-electron chi connectivity index (χ3n) is 3.87. The first-order chi connectivity index (χ1) is 10.2. The molecule has 1 aromatic heterocycles. The summed E-state index contributed by atoms with van der Waals surface area (Å²) in [5.74, 6) is -0.239. The third kappa shape index (κ3) is 2.72. The van der Waals surface area contributed by atoms with E-state index in [4.69, 9.17) is 4.74 Å². The summed E-state index contributed by atoms with van der Waals surface area (Å²) >= 11 is 0. The van der Waals surface area contributed by atoms with Crippen LogP contribution in [0.2, 0.25) is 0 Å². The smallest absolute Gasteiger partial charge is 0.254 e. The van der Waals surface area contributed by atoms with Gasteiger partial charge < -0.3 is 15.2 Å². The van der Waals surface area contributed by atoms with E-state index in [-0.39, 0.29) is 12.5 Å². The molecule has 1 aliphatic heterocycles. The SMILES string of the molecule is O=C(NC1(CO)CCOCC1)c1cccc2nccnc12. The number of amides is 1. The minimum absolute atomic E-state index is 0.0987. The first-order valence-corrected chi connectivity index (χ1v) is 6.95. The molecule has 0 atom stereocenters. The van der Waals surface area contributed by atoms with E-state index in [0.717, 1.165) is 0 Å². The van der Waals surface area contributed by atoms with Crippen molar-refractivity contribution in [3.63, 3.8) is 0 Å². The van der Waals surface area contributed by atoms with Crippen molar-refractivity contribution in [2.45, 2.75) is 18.4 Å². The van der Waals surface area contributed by atoms with E-state index in [0.29, 0.717) is 42.7 Å². The second-order valence-electron chi connectivity index (χ2n) is 5.23. The zero-order chi connectivity index (χ0) is 14.7. The van der Waals surface area contributed by atoms with Gasteiger partial charge in [-0.05, 0) is 25.0 Å². The summed E-state index contributed by atoms with van der Waals surface area (Å²) in [4.78, 5) is 21.0. The number of ether oxygens (including phenoxy) is 1. The summed E-state index contributed by atoms with van der Waals surface area (Å²) in [5, 5.41) is 12.6. The van der Waals surface area contributed by atoms with Crippen LogP contribution in [0.4, 0.5) is 0 Å². The molecule has 1 aromatic carbocycles. The van der Waals surface area contributed by atoms with Crippen molar-refractivity contribution in [3.8, 4) is 0 Å². The fraction of sp³-hybridized carbons (Fsp3) is 0.400. The molecule has 110 valence electrons. The molecule has 2 aromatic rings. The number of rotatable bonds is 3. The quantitative estimate of drug-likeness (QED) is 0.876. The van der Waals surface area contributed by atoms with Gasteiger partial charge in [-0.25, -0.2) is 0 Å². The van der Waals surface area contributed by atoms with E-state index in [9.17, 15) is 9.90 Å². The van der Waals surface area contributed by atoms with Crippen molar-refractivity contribution in [3.05, 3.63) is 36.2 Å². The van der Waals surface area contributed by atoms with Gasteiger partial charge in [-0.15, -0.1) is 0 Å². The summed E-state index contributed by atoms with van der Waals surface area (Å²) in [6.07, 6.45) is 4.37. The molecular formula is C15H17N3O3. The second-order valence-corrected chi connectivity index (χ2v) is 5.23. The number of carbonyl (C=O) groups is 1. The Balaban J connectivity index is 1.90. The number of nitrogens with zero attached hydrogens (tertiary/aromatic N) is 2. The number of aliphatic hydroxyl groups excluding tert-OH is 1. The van der Waals surface area contributed by atoms with Crippen LogP contribution in [0, 0.1) is 0 Å². The molecule has 1 fully saturated rings. The minimum atomic E-state index is -0.611. The average Bonchev–Trinajstić information content (AvgIpc) is 2.55. The summed E-state index contributed by atoms with van der Waals surface area (Å²) in [7, 11) is 0. The predicted octanol–water partition coefficient (Wildman–Crippen LogP) is 0.901. The summed E-state index contributed by atoms with van der Waals surface area (Å²) < 4.78 is 5.30. The van der Waals surface area contributed by atoms with Crippen LogP contribution in [0.1, 0.15) is 23.2 Å². The molecule has 0 saturated carbocycles. The number of para-hydroxylation sites is 1. The number of nitrogens with one attached hydrogen (secondary N) is 1. The van der Waals surface area contributed by atoms with E-state index >= 15 is 0 Å². The maximum atomic E-state index is 12.6. The number of aliphatic hydroxyl groups is 1. The standard InChI is InChI=1S/C15H17N3O3/c19-10-15(4-8-21-9-5-15)18-14(20)11-2-1-3-12-13(11)17-7-6-16-12/h1-3,6-7,19H,4-5,8-10H2,(H,18,20). The topological polar surface area (TPSA) is 84.3 Å². The molecule has 3 rings (SSSR count). The lowest BCUT2D eigenvalue weighted by molar-refractivity contribution is 0.0126. The van der Waals surface area contributed by atoms with Gasteiger partial charge in [-0.1, -0.05) is 6.07 Å². The summed E-state index contributed by atoms with van der Waals surface area (Å²) in [6, 6.07) is 5.31. The van der Waals surface area contributed by atoms with Crippen molar-refractivity contribution in [1.82, 2.24) is 15.3 Å². The van der Waals surface area contributed by atoms with Gasteiger partial charge in [0.15, 0.2) is 0 Å². The molecule has 6 heteroatoms. The van der Waals surface area contributed by atoms with Crippen LogP contribution in [-0.2, 0) is 4.74 Å². The number of hydrogen-bond donors (Lipinski definition) is 2. The largest absolute Gasteiger partial charge is 0.394 e. The molecule has 1 amide bonds. The van der Waals surface area contributed by atoms with Gasteiger partial charge in [0.25, 0.3) is 5.91 Å². The Morgan fingerprint density at radius 1 is 1.29 bits per heavy atom. The number of benzene rings is 1. The Hall–Kier alpha value is -2.05. The van der Waals surface area contributed by atoms with Crippen molar-refractivity contribution >= 4 is 16.9 Å². The van der Waals surface area contributed by atoms with E-state index in [1.165, 1.54) is 0 Å². The highest BCUT2D eigenvalue weighted by Crippen LogP contribution is 2.22. The molecule has 0 spiro atoms. The van der Waals surface area contributed by atoms with Crippen molar-refractivity contribution in [2.75, 3.05) is 19.8 Å². The van der Waals surface area contributed by atoms with Gasteiger partial charge in [0.2, 0.25) is 0 Å². The van der Waals surface area contributed by atoms with E-state index < -0.39 is 5.54 Å². The molecule has 2 heterocycles. The maximum absolute atomic E-state index is 12.6. The van der Waals surface area contributed by atoms with Crippen LogP contribution in [0.3, 0.4) is 0 Å².